The molecule has 24 heavy (non-hydrogen) atoms. The van der Waals surface area contributed by atoms with Crippen LogP contribution in [-0.2, 0) is 6.54 Å². The van der Waals surface area contributed by atoms with Gasteiger partial charge in [-0.2, -0.15) is 20.0 Å². The smallest absolute Gasteiger partial charge is 0.216 e. The van der Waals surface area contributed by atoms with Crippen LogP contribution in [-0.4, -0.2) is 30.9 Å². The molecular formula is C17H20N6S. The Hall–Kier alpha value is -2.54. The molecule has 124 valence electrons. The fraction of sp³-hybridized carbons (Fsp3) is 0.294. The lowest BCUT2D eigenvalue weighted by molar-refractivity contribution is 0.659. The summed E-state index contributed by atoms with van der Waals surface area (Å²) in [6.07, 6.45) is 1.79. The van der Waals surface area contributed by atoms with Crippen molar-refractivity contribution in [1.29, 1.82) is 0 Å². The van der Waals surface area contributed by atoms with Crippen LogP contribution in [0, 0.1) is 32.5 Å². The lowest BCUT2D eigenvalue weighted by atomic mass is 10.1. The van der Waals surface area contributed by atoms with E-state index in [4.69, 9.17) is 12.2 Å². The van der Waals surface area contributed by atoms with E-state index in [1.165, 1.54) is 11.1 Å². The predicted octanol–water partition coefficient (Wildman–Crippen LogP) is 3.30. The first-order valence-corrected chi connectivity index (χ1v) is 8.14. The van der Waals surface area contributed by atoms with Gasteiger partial charge in [0.2, 0.25) is 4.77 Å². The standard InChI is InChI=1S/C17H20N6S/c1-11-5-7-15(8-6-11)10-22-13(3)16(12(2)21-22)9-18-23-14(4)19-20-17(23)24/h5-9H,10H2,1-4H3,(H,20,24). The van der Waals surface area contributed by atoms with Crippen LogP contribution >= 0.6 is 12.2 Å². The zero-order chi connectivity index (χ0) is 17.3. The molecule has 2 aromatic heterocycles. The molecule has 0 bridgehead atoms. The molecule has 7 heteroatoms. The normalized spacial score (nSPS) is 11.5. The SMILES string of the molecule is Cc1ccc(Cn2nc(C)c(C=Nn3c(C)n[nH]c3=S)c2C)cc1. The van der Waals surface area contributed by atoms with Gasteiger partial charge in [0.15, 0.2) is 0 Å². The van der Waals surface area contributed by atoms with Crippen LogP contribution in [0.3, 0.4) is 0 Å². The van der Waals surface area contributed by atoms with Crippen LogP contribution in [0.1, 0.15) is 33.9 Å². The molecule has 0 unspecified atom stereocenters. The van der Waals surface area contributed by atoms with Crippen molar-refractivity contribution in [3.8, 4) is 0 Å². The first-order valence-electron chi connectivity index (χ1n) is 7.73. The van der Waals surface area contributed by atoms with Gasteiger partial charge in [0.05, 0.1) is 18.5 Å². The number of rotatable bonds is 4. The van der Waals surface area contributed by atoms with Gasteiger partial charge in [0.1, 0.15) is 5.82 Å². The molecule has 6 nitrogen and oxygen atoms in total. The number of benzene rings is 1. The van der Waals surface area contributed by atoms with Gasteiger partial charge in [-0.3, -0.25) is 9.78 Å². The summed E-state index contributed by atoms with van der Waals surface area (Å²) in [7, 11) is 0. The van der Waals surface area contributed by atoms with Crippen molar-refractivity contribution in [1.82, 2.24) is 24.7 Å². The van der Waals surface area contributed by atoms with E-state index in [9.17, 15) is 0 Å². The number of aromatic nitrogens is 5. The number of hydrogen-bond donors (Lipinski definition) is 1. The maximum Gasteiger partial charge on any atom is 0.216 e. The van der Waals surface area contributed by atoms with Crippen molar-refractivity contribution in [3.63, 3.8) is 0 Å². The fourth-order valence-electron chi connectivity index (χ4n) is 2.54. The Morgan fingerprint density at radius 1 is 1.17 bits per heavy atom. The summed E-state index contributed by atoms with van der Waals surface area (Å²) in [6, 6.07) is 8.50. The van der Waals surface area contributed by atoms with Gasteiger partial charge in [-0.1, -0.05) is 29.8 Å². The van der Waals surface area contributed by atoms with E-state index < -0.39 is 0 Å². The van der Waals surface area contributed by atoms with Crippen LogP contribution in [0.5, 0.6) is 0 Å². The Morgan fingerprint density at radius 3 is 2.50 bits per heavy atom. The van der Waals surface area contributed by atoms with Gasteiger partial charge in [-0.05, 0) is 45.5 Å². The van der Waals surface area contributed by atoms with Crippen molar-refractivity contribution >= 4 is 18.4 Å². The largest absolute Gasteiger partial charge is 0.265 e. The van der Waals surface area contributed by atoms with E-state index >= 15 is 0 Å². The first-order chi connectivity index (χ1) is 11.5. The molecule has 0 amide bonds. The molecule has 0 aliphatic carbocycles. The molecule has 0 radical (unpaired) electrons. The van der Waals surface area contributed by atoms with Gasteiger partial charge in [-0.25, -0.2) is 0 Å². The highest BCUT2D eigenvalue weighted by Crippen LogP contribution is 2.14. The molecule has 0 saturated heterocycles. The van der Waals surface area contributed by atoms with Crippen molar-refractivity contribution in [2.45, 2.75) is 34.2 Å². The molecule has 3 aromatic rings. The summed E-state index contributed by atoms with van der Waals surface area (Å²) in [6.45, 7) is 8.72. The second kappa shape index (κ2) is 6.52. The summed E-state index contributed by atoms with van der Waals surface area (Å²) in [5.41, 5.74) is 5.50. The summed E-state index contributed by atoms with van der Waals surface area (Å²) in [5, 5.41) is 15.8. The van der Waals surface area contributed by atoms with Gasteiger partial charge in [-0.15, -0.1) is 0 Å². The number of nitrogens with one attached hydrogen (secondary N) is 1. The average Bonchev–Trinajstić information content (AvgIpc) is 3.00. The second-order valence-corrected chi connectivity index (χ2v) is 6.25. The number of aryl methyl sites for hydroxylation is 3. The monoisotopic (exact) mass is 340 g/mol. The summed E-state index contributed by atoms with van der Waals surface area (Å²) in [5.74, 6) is 0.721. The second-order valence-electron chi connectivity index (χ2n) is 5.86. The van der Waals surface area contributed by atoms with E-state index in [2.05, 4.69) is 58.5 Å². The zero-order valence-corrected chi connectivity index (χ0v) is 15.1. The Bertz CT molecular complexity index is 943. The summed E-state index contributed by atoms with van der Waals surface area (Å²) in [4.78, 5) is 0. The van der Waals surface area contributed by atoms with E-state index in [0.29, 0.717) is 4.77 Å². The van der Waals surface area contributed by atoms with E-state index in [-0.39, 0.29) is 0 Å². The molecule has 0 fully saturated rings. The number of H-pyrrole nitrogens is 1. The molecule has 0 aliphatic heterocycles. The van der Waals surface area contributed by atoms with Crippen molar-refractivity contribution in [2.75, 3.05) is 0 Å². The van der Waals surface area contributed by atoms with E-state index in [1.807, 2.05) is 18.5 Å². The maximum absolute atomic E-state index is 5.17. The fourth-order valence-corrected chi connectivity index (χ4v) is 2.76. The third kappa shape index (κ3) is 3.21. The molecule has 2 heterocycles. The lowest BCUT2D eigenvalue weighted by Gasteiger charge is -2.05. The van der Waals surface area contributed by atoms with Crippen LogP contribution in [0.15, 0.2) is 29.4 Å². The average molecular weight is 340 g/mol. The van der Waals surface area contributed by atoms with Crippen LogP contribution in [0.25, 0.3) is 0 Å². The quantitative estimate of drug-likeness (QED) is 0.585. The van der Waals surface area contributed by atoms with Gasteiger partial charge in [0, 0.05) is 11.3 Å². The zero-order valence-electron chi connectivity index (χ0n) is 14.2. The Kier molecular flexibility index (Phi) is 4.44. The number of nitrogens with zero attached hydrogens (tertiary/aromatic N) is 5. The summed E-state index contributed by atoms with van der Waals surface area (Å²) >= 11 is 5.17. The van der Waals surface area contributed by atoms with Crippen molar-refractivity contribution in [2.24, 2.45) is 5.10 Å². The molecule has 0 atom stereocenters. The third-order valence-electron chi connectivity index (χ3n) is 4.00. The van der Waals surface area contributed by atoms with Gasteiger partial charge >= 0.3 is 0 Å². The number of aromatic amines is 1. The van der Waals surface area contributed by atoms with Gasteiger partial charge < -0.3 is 0 Å². The molecule has 1 N–H and O–H groups in total. The summed E-state index contributed by atoms with van der Waals surface area (Å²) < 4.78 is 4.08. The van der Waals surface area contributed by atoms with Crippen LogP contribution in [0.2, 0.25) is 0 Å². The van der Waals surface area contributed by atoms with E-state index in [0.717, 1.165) is 29.3 Å². The Labute approximate surface area is 145 Å². The minimum absolute atomic E-state index is 0.478. The predicted molar refractivity (Wildman–Crippen MR) is 97.1 cm³/mol. The highest BCUT2D eigenvalue weighted by atomic mass is 32.1. The van der Waals surface area contributed by atoms with Crippen LogP contribution in [0.4, 0.5) is 0 Å². The lowest BCUT2D eigenvalue weighted by Crippen LogP contribution is -2.04. The first kappa shape index (κ1) is 16.3. The molecular weight excluding hydrogens is 320 g/mol. The molecule has 0 saturated carbocycles. The van der Waals surface area contributed by atoms with Crippen LogP contribution < -0.4 is 0 Å². The van der Waals surface area contributed by atoms with Gasteiger partial charge in [0.25, 0.3) is 0 Å². The highest BCUT2D eigenvalue weighted by molar-refractivity contribution is 7.71. The molecule has 0 spiro atoms. The Balaban J connectivity index is 1.89. The minimum atomic E-state index is 0.478. The van der Waals surface area contributed by atoms with Crippen molar-refractivity contribution in [3.05, 3.63) is 62.9 Å². The maximum atomic E-state index is 5.17. The molecule has 1 aromatic carbocycles. The highest BCUT2D eigenvalue weighted by Gasteiger charge is 2.10. The number of hydrogen-bond acceptors (Lipinski definition) is 4. The molecule has 0 aliphatic rings. The Morgan fingerprint density at radius 2 is 1.88 bits per heavy atom. The third-order valence-corrected chi connectivity index (χ3v) is 4.27. The van der Waals surface area contributed by atoms with E-state index in [1.54, 1.807) is 10.9 Å². The van der Waals surface area contributed by atoms with Crippen molar-refractivity contribution < 1.29 is 0 Å². The minimum Gasteiger partial charge on any atom is -0.265 e. The topological polar surface area (TPSA) is 63.8 Å². The molecule has 3 rings (SSSR count).